The van der Waals surface area contributed by atoms with Crippen molar-refractivity contribution >= 4 is 38.6 Å². The maximum Gasteiger partial charge on any atom is 0.214 e. The quantitative estimate of drug-likeness (QED) is 0.413. The number of fused-ring (bicyclic) bond motifs is 1. The van der Waals surface area contributed by atoms with Crippen LogP contribution in [0.5, 0.6) is 5.75 Å². The van der Waals surface area contributed by atoms with Crippen LogP contribution in [0.1, 0.15) is 10.4 Å². The van der Waals surface area contributed by atoms with Crippen LogP contribution < -0.4 is 9.64 Å². The summed E-state index contributed by atoms with van der Waals surface area (Å²) in [7, 11) is -2.68. The largest absolute Gasteiger partial charge is 0.497 e. The predicted octanol–water partition coefficient (Wildman–Crippen LogP) is 5.14. The number of ketones is 1. The van der Waals surface area contributed by atoms with Crippen molar-refractivity contribution in [2.75, 3.05) is 12.0 Å². The SMILES string of the molecule is COc1ccc(C(=O)C2=CN(c3cccc(Cl)c3)c3cc(F)ccc3S2(=O)=O)cc1. The number of ether oxygens (including phenoxy) is 1. The van der Waals surface area contributed by atoms with Gasteiger partial charge < -0.3 is 9.64 Å². The molecule has 30 heavy (non-hydrogen) atoms. The van der Waals surface area contributed by atoms with Crippen LogP contribution in [-0.4, -0.2) is 21.3 Å². The molecule has 0 fully saturated rings. The molecule has 1 aliphatic heterocycles. The number of allylic oxidation sites excluding steroid dienone is 1. The first-order valence-electron chi connectivity index (χ1n) is 8.81. The Labute approximate surface area is 177 Å². The Balaban J connectivity index is 1.91. The maximum atomic E-state index is 14.0. The summed E-state index contributed by atoms with van der Waals surface area (Å²) in [4.78, 5) is 14.0. The summed E-state index contributed by atoms with van der Waals surface area (Å²) in [5.41, 5.74) is 0.773. The molecule has 0 amide bonds. The molecular formula is C22H15ClFNO4S. The Hall–Kier alpha value is -3.16. The monoisotopic (exact) mass is 443 g/mol. The Kier molecular flexibility index (Phi) is 5.09. The lowest BCUT2D eigenvalue weighted by Gasteiger charge is -2.29. The van der Waals surface area contributed by atoms with Crippen molar-refractivity contribution in [1.82, 2.24) is 0 Å². The fourth-order valence-corrected chi connectivity index (χ4v) is 4.89. The molecule has 0 spiro atoms. The Morgan fingerprint density at radius 1 is 1.03 bits per heavy atom. The van der Waals surface area contributed by atoms with Gasteiger partial charge in [-0.15, -0.1) is 0 Å². The third kappa shape index (κ3) is 3.46. The molecule has 0 atom stereocenters. The fraction of sp³-hybridized carbons (Fsp3) is 0.0455. The van der Waals surface area contributed by atoms with Gasteiger partial charge in [0.15, 0.2) is 0 Å². The number of hydrogen-bond acceptors (Lipinski definition) is 5. The summed E-state index contributed by atoms with van der Waals surface area (Å²) >= 11 is 6.08. The van der Waals surface area contributed by atoms with Gasteiger partial charge in [-0.05, 0) is 60.7 Å². The van der Waals surface area contributed by atoms with E-state index in [0.717, 1.165) is 18.2 Å². The van der Waals surface area contributed by atoms with Gasteiger partial charge >= 0.3 is 0 Å². The molecule has 0 aliphatic carbocycles. The highest BCUT2D eigenvalue weighted by Crippen LogP contribution is 2.41. The number of anilines is 2. The van der Waals surface area contributed by atoms with Gasteiger partial charge in [0.2, 0.25) is 15.6 Å². The third-order valence-electron chi connectivity index (χ3n) is 4.67. The average molecular weight is 444 g/mol. The Morgan fingerprint density at radius 3 is 2.43 bits per heavy atom. The van der Waals surface area contributed by atoms with E-state index in [9.17, 15) is 17.6 Å². The van der Waals surface area contributed by atoms with Gasteiger partial charge in [-0.2, -0.15) is 0 Å². The van der Waals surface area contributed by atoms with E-state index < -0.39 is 26.3 Å². The first-order chi connectivity index (χ1) is 14.3. The molecule has 0 unspecified atom stereocenters. The second-order valence-electron chi connectivity index (χ2n) is 6.52. The number of carbonyl (C=O) groups excluding carboxylic acids is 1. The number of Topliss-reactive ketones (excluding diaryl/α,β-unsaturated/α-hetero) is 1. The number of sulfone groups is 1. The first-order valence-corrected chi connectivity index (χ1v) is 10.7. The van der Waals surface area contributed by atoms with Gasteiger partial charge in [0.1, 0.15) is 16.5 Å². The van der Waals surface area contributed by atoms with Crippen molar-refractivity contribution in [1.29, 1.82) is 0 Å². The van der Waals surface area contributed by atoms with E-state index in [-0.39, 0.29) is 16.1 Å². The van der Waals surface area contributed by atoms with Crippen molar-refractivity contribution in [3.8, 4) is 5.75 Å². The lowest BCUT2D eigenvalue weighted by atomic mass is 10.1. The van der Waals surface area contributed by atoms with Crippen LogP contribution in [0, 0.1) is 5.82 Å². The normalized spacial score (nSPS) is 14.6. The summed E-state index contributed by atoms with van der Waals surface area (Å²) in [5, 5.41) is 0.412. The maximum absolute atomic E-state index is 14.0. The highest BCUT2D eigenvalue weighted by Gasteiger charge is 2.36. The van der Waals surface area contributed by atoms with Crippen LogP contribution in [0.4, 0.5) is 15.8 Å². The summed E-state index contributed by atoms with van der Waals surface area (Å²) < 4.78 is 45.5. The molecule has 0 saturated heterocycles. The van der Waals surface area contributed by atoms with Gasteiger partial charge in [-0.25, -0.2) is 12.8 Å². The molecule has 0 N–H and O–H groups in total. The second kappa shape index (κ2) is 7.59. The van der Waals surface area contributed by atoms with Crippen LogP contribution in [-0.2, 0) is 9.84 Å². The smallest absolute Gasteiger partial charge is 0.214 e. The van der Waals surface area contributed by atoms with Crippen molar-refractivity contribution < 1.29 is 22.3 Å². The molecule has 0 saturated carbocycles. The van der Waals surface area contributed by atoms with Gasteiger partial charge in [0.05, 0.1) is 17.7 Å². The zero-order valence-electron chi connectivity index (χ0n) is 15.7. The van der Waals surface area contributed by atoms with Gasteiger partial charge in [-0.3, -0.25) is 4.79 Å². The second-order valence-corrected chi connectivity index (χ2v) is 8.84. The minimum Gasteiger partial charge on any atom is -0.497 e. The molecule has 8 heteroatoms. The van der Waals surface area contributed by atoms with E-state index in [0.29, 0.717) is 16.5 Å². The Bertz CT molecular complexity index is 1290. The number of benzene rings is 3. The minimum atomic E-state index is -4.17. The lowest BCUT2D eigenvalue weighted by molar-refractivity contribution is 0.104. The zero-order valence-corrected chi connectivity index (χ0v) is 17.2. The van der Waals surface area contributed by atoms with E-state index in [2.05, 4.69) is 0 Å². The molecule has 5 nitrogen and oxygen atoms in total. The first kappa shape index (κ1) is 20.1. The predicted molar refractivity (Wildman–Crippen MR) is 113 cm³/mol. The van der Waals surface area contributed by atoms with Crippen LogP contribution in [0.3, 0.4) is 0 Å². The lowest BCUT2D eigenvalue weighted by Crippen LogP contribution is -2.26. The zero-order chi connectivity index (χ0) is 21.5. The standard InChI is InChI=1S/C22H15ClFNO4S/c1-29-18-8-5-14(6-9-18)22(26)21-13-25(17-4-2-3-15(23)11-17)19-12-16(24)7-10-20(19)30(21,27)28/h2-13H,1H3. The van der Waals surface area contributed by atoms with Crippen LogP contribution >= 0.6 is 11.6 Å². The summed E-state index contributed by atoms with van der Waals surface area (Å²) in [5.74, 6) is -0.748. The number of halogens is 2. The highest BCUT2D eigenvalue weighted by atomic mass is 35.5. The average Bonchev–Trinajstić information content (AvgIpc) is 2.73. The van der Waals surface area contributed by atoms with E-state index in [4.69, 9.17) is 16.3 Å². The molecule has 0 radical (unpaired) electrons. The van der Waals surface area contributed by atoms with Crippen LogP contribution in [0.25, 0.3) is 0 Å². The van der Waals surface area contributed by atoms with Gasteiger partial charge in [-0.1, -0.05) is 17.7 Å². The van der Waals surface area contributed by atoms with Crippen LogP contribution in [0.15, 0.2) is 82.7 Å². The molecule has 152 valence electrons. The summed E-state index contributed by atoms with van der Waals surface area (Å²) in [6, 6.07) is 16.1. The minimum absolute atomic E-state index is 0.101. The number of nitrogens with zero attached hydrogens (tertiary/aromatic N) is 1. The van der Waals surface area contributed by atoms with E-state index in [1.165, 1.54) is 30.3 Å². The number of hydrogen-bond donors (Lipinski definition) is 0. The Morgan fingerprint density at radius 2 is 1.77 bits per heavy atom. The topological polar surface area (TPSA) is 63.7 Å². The van der Waals surface area contributed by atoms with Crippen molar-refractivity contribution in [3.05, 3.63) is 94.2 Å². The number of carbonyl (C=O) groups is 1. The number of rotatable bonds is 4. The number of methoxy groups -OCH3 is 1. The highest BCUT2D eigenvalue weighted by molar-refractivity contribution is 7.96. The molecule has 0 bridgehead atoms. The third-order valence-corrected chi connectivity index (χ3v) is 6.70. The van der Waals surface area contributed by atoms with Gasteiger partial charge in [0.25, 0.3) is 0 Å². The molecule has 1 heterocycles. The summed E-state index contributed by atoms with van der Waals surface area (Å²) in [6.07, 6.45) is 1.20. The molecule has 4 rings (SSSR count). The van der Waals surface area contributed by atoms with E-state index >= 15 is 0 Å². The van der Waals surface area contributed by atoms with Crippen molar-refractivity contribution in [3.63, 3.8) is 0 Å². The molecule has 0 aromatic heterocycles. The van der Waals surface area contributed by atoms with Crippen molar-refractivity contribution in [2.45, 2.75) is 4.90 Å². The molecule has 1 aliphatic rings. The molecule has 3 aromatic carbocycles. The van der Waals surface area contributed by atoms with Gasteiger partial charge in [0, 0.05) is 22.5 Å². The molecule has 3 aromatic rings. The van der Waals surface area contributed by atoms with E-state index in [1.54, 1.807) is 36.4 Å². The van der Waals surface area contributed by atoms with Crippen molar-refractivity contribution in [2.24, 2.45) is 0 Å². The van der Waals surface area contributed by atoms with E-state index in [1.807, 2.05) is 0 Å². The fourth-order valence-electron chi connectivity index (χ4n) is 3.19. The summed E-state index contributed by atoms with van der Waals surface area (Å²) in [6.45, 7) is 0. The van der Waals surface area contributed by atoms with Crippen LogP contribution in [0.2, 0.25) is 5.02 Å². The molecular weight excluding hydrogens is 429 g/mol.